The minimum absolute atomic E-state index is 0.0102. The van der Waals surface area contributed by atoms with E-state index in [0.717, 1.165) is 16.9 Å². The molecule has 2 heterocycles. The molecule has 0 radical (unpaired) electrons. The average molecular weight is 218 g/mol. The molecule has 0 aliphatic carbocycles. The second-order valence-corrected chi connectivity index (χ2v) is 3.49. The van der Waals surface area contributed by atoms with E-state index in [1.807, 2.05) is 17.8 Å². The summed E-state index contributed by atoms with van der Waals surface area (Å²) in [6.07, 6.45) is 5.13. The first-order valence-corrected chi connectivity index (χ1v) is 5.05. The van der Waals surface area contributed by atoms with Crippen molar-refractivity contribution in [3.8, 4) is 0 Å². The summed E-state index contributed by atoms with van der Waals surface area (Å²) in [6.45, 7) is 0.672. The van der Waals surface area contributed by atoms with Crippen molar-refractivity contribution < 1.29 is 5.11 Å². The molecule has 0 bridgehead atoms. The SMILES string of the molecule is Cn1nccc1CNc1cnccc1CO. The summed E-state index contributed by atoms with van der Waals surface area (Å²) in [6, 6.07) is 3.74. The van der Waals surface area contributed by atoms with Gasteiger partial charge in [-0.1, -0.05) is 0 Å². The van der Waals surface area contributed by atoms with Gasteiger partial charge in [-0.05, 0) is 12.1 Å². The maximum Gasteiger partial charge on any atom is 0.0703 e. The number of nitrogens with zero attached hydrogens (tertiary/aromatic N) is 3. The largest absolute Gasteiger partial charge is 0.392 e. The van der Waals surface area contributed by atoms with Crippen LogP contribution in [0.2, 0.25) is 0 Å². The van der Waals surface area contributed by atoms with E-state index in [9.17, 15) is 0 Å². The maximum absolute atomic E-state index is 9.14. The lowest BCUT2D eigenvalue weighted by molar-refractivity contribution is 0.282. The minimum atomic E-state index is 0.0102. The third-order valence-electron chi connectivity index (χ3n) is 2.46. The number of hydrogen-bond donors (Lipinski definition) is 2. The van der Waals surface area contributed by atoms with Crippen LogP contribution in [0.25, 0.3) is 0 Å². The zero-order valence-electron chi connectivity index (χ0n) is 9.09. The summed E-state index contributed by atoms with van der Waals surface area (Å²) in [5.41, 5.74) is 2.77. The standard InChI is InChI=1S/C11H14N4O/c1-15-10(3-5-14-15)6-13-11-7-12-4-2-9(11)8-16/h2-5,7,13,16H,6,8H2,1H3. The molecule has 0 amide bonds. The normalized spacial score (nSPS) is 10.4. The lowest BCUT2D eigenvalue weighted by Crippen LogP contribution is -2.07. The Morgan fingerprint density at radius 2 is 2.25 bits per heavy atom. The van der Waals surface area contributed by atoms with Crippen molar-refractivity contribution in [3.63, 3.8) is 0 Å². The second-order valence-electron chi connectivity index (χ2n) is 3.49. The molecular weight excluding hydrogens is 204 g/mol. The van der Waals surface area contributed by atoms with Crippen LogP contribution in [0.1, 0.15) is 11.3 Å². The van der Waals surface area contributed by atoms with Crippen molar-refractivity contribution >= 4 is 5.69 Å². The molecule has 0 atom stereocenters. The number of aryl methyl sites for hydroxylation is 1. The Bertz CT molecular complexity index is 467. The maximum atomic E-state index is 9.14. The smallest absolute Gasteiger partial charge is 0.0703 e. The van der Waals surface area contributed by atoms with Gasteiger partial charge in [0.25, 0.3) is 0 Å². The highest BCUT2D eigenvalue weighted by atomic mass is 16.3. The van der Waals surface area contributed by atoms with Gasteiger partial charge in [0, 0.05) is 25.0 Å². The molecule has 0 saturated carbocycles. The molecule has 0 aliphatic heterocycles. The topological polar surface area (TPSA) is 63.0 Å². The van der Waals surface area contributed by atoms with Gasteiger partial charge >= 0.3 is 0 Å². The third-order valence-corrected chi connectivity index (χ3v) is 2.46. The van der Waals surface area contributed by atoms with E-state index in [1.165, 1.54) is 0 Å². The molecule has 5 heteroatoms. The molecule has 0 aliphatic rings. The zero-order valence-corrected chi connectivity index (χ0v) is 9.09. The number of aliphatic hydroxyl groups is 1. The van der Waals surface area contributed by atoms with Gasteiger partial charge in [-0.3, -0.25) is 9.67 Å². The molecule has 2 aromatic rings. The van der Waals surface area contributed by atoms with E-state index < -0.39 is 0 Å². The fourth-order valence-electron chi connectivity index (χ4n) is 1.48. The molecule has 2 N–H and O–H groups in total. The van der Waals surface area contributed by atoms with Crippen molar-refractivity contribution in [1.29, 1.82) is 0 Å². The van der Waals surface area contributed by atoms with Crippen LogP contribution in [0.4, 0.5) is 5.69 Å². The Morgan fingerprint density at radius 1 is 1.38 bits per heavy atom. The van der Waals surface area contributed by atoms with Crippen LogP contribution in [-0.2, 0) is 20.2 Å². The Labute approximate surface area is 93.8 Å². The van der Waals surface area contributed by atoms with Gasteiger partial charge in [0.15, 0.2) is 0 Å². The molecule has 84 valence electrons. The van der Waals surface area contributed by atoms with Crippen molar-refractivity contribution in [3.05, 3.63) is 42.0 Å². The molecule has 2 aromatic heterocycles. The van der Waals surface area contributed by atoms with E-state index in [4.69, 9.17) is 5.11 Å². The van der Waals surface area contributed by atoms with E-state index in [-0.39, 0.29) is 6.61 Å². The van der Waals surface area contributed by atoms with Crippen molar-refractivity contribution in [2.75, 3.05) is 5.32 Å². The predicted octanol–water partition coefficient (Wildman–Crippen LogP) is 0.919. The molecule has 0 spiro atoms. The molecular formula is C11H14N4O. The van der Waals surface area contributed by atoms with Crippen LogP contribution in [0.5, 0.6) is 0 Å². The first kappa shape index (κ1) is 10.6. The lowest BCUT2D eigenvalue weighted by Gasteiger charge is -2.09. The van der Waals surface area contributed by atoms with Gasteiger partial charge in [-0.2, -0.15) is 5.10 Å². The van der Waals surface area contributed by atoms with Gasteiger partial charge in [-0.25, -0.2) is 0 Å². The Hall–Kier alpha value is -1.88. The number of aromatic nitrogens is 3. The molecule has 0 aromatic carbocycles. The lowest BCUT2D eigenvalue weighted by atomic mass is 10.2. The van der Waals surface area contributed by atoms with Crippen LogP contribution in [0.15, 0.2) is 30.7 Å². The summed E-state index contributed by atoms with van der Waals surface area (Å²) >= 11 is 0. The number of aliphatic hydroxyl groups excluding tert-OH is 1. The van der Waals surface area contributed by atoms with Crippen molar-refractivity contribution in [2.24, 2.45) is 7.05 Å². The van der Waals surface area contributed by atoms with Crippen LogP contribution in [0.3, 0.4) is 0 Å². The fourth-order valence-corrected chi connectivity index (χ4v) is 1.48. The van der Waals surface area contributed by atoms with Crippen molar-refractivity contribution in [2.45, 2.75) is 13.2 Å². The van der Waals surface area contributed by atoms with Crippen LogP contribution >= 0.6 is 0 Å². The number of pyridine rings is 1. The molecule has 0 unspecified atom stereocenters. The van der Waals surface area contributed by atoms with Gasteiger partial charge in [0.05, 0.1) is 30.7 Å². The quantitative estimate of drug-likeness (QED) is 0.801. The third kappa shape index (κ3) is 2.20. The van der Waals surface area contributed by atoms with E-state index in [1.54, 1.807) is 24.7 Å². The highest BCUT2D eigenvalue weighted by Gasteiger charge is 2.02. The molecule has 16 heavy (non-hydrogen) atoms. The number of hydrogen-bond acceptors (Lipinski definition) is 4. The summed E-state index contributed by atoms with van der Waals surface area (Å²) in [5.74, 6) is 0. The first-order chi connectivity index (χ1) is 7.81. The molecule has 5 nitrogen and oxygen atoms in total. The fraction of sp³-hybridized carbons (Fsp3) is 0.273. The number of nitrogens with one attached hydrogen (secondary N) is 1. The van der Waals surface area contributed by atoms with Gasteiger partial charge in [0.2, 0.25) is 0 Å². The number of anilines is 1. The van der Waals surface area contributed by atoms with Crippen LogP contribution in [0, 0.1) is 0 Å². The highest BCUT2D eigenvalue weighted by Crippen LogP contribution is 2.14. The van der Waals surface area contributed by atoms with Crippen LogP contribution < -0.4 is 5.32 Å². The van der Waals surface area contributed by atoms with Gasteiger partial charge < -0.3 is 10.4 Å². The van der Waals surface area contributed by atoms with Crippen molar-refractivity contribution in [1.82, 2.24) is 14.8 Å². The molecule has 2 rings (SSSR count). The Balaban J connectivity index is 2.07. The molecule has 0 saturated heterocycles. The summed E-state index contributed by atoms with van der Waals surface area (Å²) in [4.78, 5) is 4.02. The highest BCUT2D eigenvalue weighted by molar-refractivity contribution is 5.48. The zero-order chi connectivity index (χ0) is 11.4. The van der Waals surface area contributed by atoms with Gasteiger partial charge in [-0.15, -0.1) is 0 Å². The Morgan fingerprint density at radius 3 is 2.94 bits per heavy atom. The summed E-state index contributed by atoms with van der Waals surface area (Å²) < 4.78 is 1.81. The Kier molecular flexibility index (Phi) is 3.16. The number of rotatable bonds is 4. The predicted molar refractivity (Wildman–Crippen MR) is 60.7 cm³/mol. The molecule has 0 fully saturated rings. The summed E-state index contributed by atoms with van der Waals surface area (Å²) in [7, 11) is 1.90. The van der Waals surface area contributed by atoms with Gasteiger partial charge in [0.1, 0.15) is 0 Å². The monoisotopic (exact) mass is 218 g/mol. The van der Waals surface area contributed by atoms with E-state index in [0.29, 0.717) is 6.54 Å². The van der Waals surface area contributed by atoms with E-state index >= 15 is 0 Å². The minimum Gasteiger partial charge on any atom is -0.392 e. The summed E-state index contributed by atoms with van der Waals surface area (Å²) in [5, 5.41) is 16.5. The van der Waals surface area contributed by atoms with E-state index in [2.05, 4.69) is 15.4 Å². The first-order valence-electron chi connectivity index (χ1n) is 5.05. The van der Waals surface area contributed by atoms with Crippen LogP contribution in [-0.4, -0.2) is 19.9 Å². The average Bonchev–Trinajstić information content (AvgIpc) is 2.72. The second kappa shape index (κ2) is 4.76.